The van der Waals surface area contributed by atoms with Crippen molar-refractivity contribution < 1.29 is 61.4 Å². The summed E-state index contributed by atoms with van der Waals surface area (Å²) in [6, 6.07) is 0. The maximum Gasteiger partial charge on any atom is 0.536 e. The quantitative estimate of drug-likeness (QED) is 0.146. The van der Waals surface area contributed by atoms with Gasteiger partial charge in [0, 0.05) is 0 Å². The first-order valence-electron chi connectivity index (χ1n) is 8.34. The summed E-state index contributed by atoms with van der Waals surface area (Å²) in [6.07, 6.45) is -4.34. The van der Waals surface area contributed by atoms with Gasteiger partial charge in [-0.3, -0.25) is 9.46 Å². The number of fused-ring (bicyclic) bond motifs is 1. The lowest BCUT2D eigenvalue weighted by Gasteiger charge is -2.22. The first-order chi connectivity index (χ1) is 15.5. The Morgan fingerprint density at radius 1 is 1.03 bits per heavy atom. The molecule has 0 radical (unpaired) electrons. The van der Waals surface area contributed by atoms with Gasteiger partial charge in [-0.1, -0.05) is 0 Å². The number of nitrogen functional groups attached to an aromatic ring is 1. The van der Waals surface area contributed by atoms with Crippen LogP contribution in [-0.2, 0) is 31.6 Å². The number of nitrogens with zero attached hydrogens (tertiary/aromatic N) is 4. The Morgan fingerprint density at radius 2 is 1.68 bits per heavy atom. The summed E-state index contributed by atoms with van der Waals surface area (Å²) in [5, 5.41) is 21.0. The molecule has 18 nitrogen and oxygen atoms in total. The van der Waals surface area contributed by atoms with Crippen LogP contribution in [0.3, 0.4) is 0 Å². The molecule has 0 saturated carbocycles. The Morgan fingerprint density at radius 3 is 2.26 bits per heavy atom. The van der Waals surface area contributed by atoms with E-state index in [1.54, 1.807) is 0 Å². The van der Waals surface area contributed by atoms with Gasteiger partial charge in [0.2, 0.25) is 0 Å². The zero-order chi connectivity index (χ0) is 25.6. The van der Waals surface area contributed by atoms with Crippen LogP contribution in [0.2, 0.25) is 0 Å². The first kappa shape index (κ1) is 27.8. The standard InChI is InChI=1S/C11H14Br2N5O13P3/c12-8(13)7(29-33(24,25)31-34(26,27)30-32(21,22)23)6-4(19)5(20)11(28-6)18-2-17-3-9(14)15-1-16-10(3)18/h1-2,4-6,11,19-20H,(H,24,25)(H,26,27)(H2,14,15,16)(H2,21,22,23)/t4-,5+,6-,11+/m0/s1. The summed E-state index contributed by atoms with van der Waals surface area (Å²) in [6.45, 7) is 0. The molecule has 1 aliphatic rings. The highest BCUT2D eigenvalue weighted by atomic mass is 79.9. The van der Waals surface area contributed by atoms with E-state index >= 15 is 0 Å². The molecule has 0 aromatic carbocycles. The van der Waals surface area contributed by atoms with Crippen molar-refractivity contribution in [2.24, 2.45) is 0 Å². The summed E-state index contributed by atoms with van der Waals surface area (Å²) in [5.41, 5.74) is 5.98. The van der Waals surface area contributed by atoms with Gasteiger partial charge in [-0.25, -0.2) is 28.6 Å². The third-order valence-corrected chi connectivity index (χ3v) is 8.51. The van der Waals surface area contributed by atoms with Crippen molar-refractivity contribution in [1.29, 1.82) is 0 Å². The molecule has 3 heterocycles. The van der Waals surface area contributed by atoms with Gasteiger partial charge in [-0.15, -0.1) is 0 Å². The second-order valence-electron chi connectivity index (χ2n) is 6.32. The van der Waals surface area contributed by atoms with Crippen LogP contribution in [-0.4, -0.2) is 67.6 Å². The fraction of sp³-hybridized carbons (Fsp3) is 0.364. The molecule has 3 rings (SSSR count). The Labute approximate surface area is 205 Å². The topological polar surface area (TPSA) is 279 Å². The van der Waals surface area contributed by atoms with Crippen molar-refractivity contribution >= 4 is 72.3 Å². The van der Waals surface area contributed by atoms with E-state index < -0.39 is 53.8 Å². The molecule has 2 aromatic heterocycles. The molecule has 8 N–H and O–H groups in total. The molecule has 0 aliphatic carbocycles. The maximum atomic E-state index is 12.2. The SMILES string of the molecule is Nc1ncnc2c1ncn2[C@@H]1O[C@H](C(OP(=O)(O)OP(=O)(O)OP(=O)(O)O)=C(Br)Br)[C@@H](O)[C@H]1O. The summed E-state index contributed by atoms with van der Waals surface area (Å²) >= 11 is 5.73. The molecule has 2 aromatic rings. The first-order valence-corrected chi connectivity index (χ1v) is 14.5. The minimum Gasteiger partial charge on any atom is -0.404 e. The number of aromatic nitrogens is 4. The lowest BCUT2D eigenvalue weighted by Crippen LogP contribution is -2.33. The lowest BCUT2D eigenvalue weighted by atomic mass is 10.1. The van der Waals surface area contributed by atoms with Gasteiger partial charge in [0.1, 0.15) is 33.5 Å². The summed E-state index contributed by atoms with van der Waals surface area (Å²) in [4.78, 5) is 48.1. The Bertz CT molecular complexity index is 1260. The van der Waals surface area contributed by atoms with E-state index in [9.17, 15) is 33.7 Å². The van der Waals surface area contributed by atoms with Crippen LogP contribution in [0.15, 0.2) is 21.8 Å². The molecule has 0 bridgehead atoms. The normalized spacial score (nSPS) is 26.7. The minimum atomic E-state index is -5.81. The van der Waals surface area contributed by atoms with E-state index in [1.165, 1.54) is 10.9 Å². The van der Waals surface area contributed by atoms with Crippen molar-refractivity contribution in [3.63, 3.8) is 0 Å². The van der Waals surface area contributed by atoms with Gasteiger partial charge in [-0.2, -0.15) is 8.62 Å². The smallest absolute Gasteiger partial charge is 0.404 e. The number of halogens is 2. The van der Waals surface area contributed by atoms with Crippen LogP contribution in [0.1, 0.15) is 6.23 Å². The highest BCUT2D eigenvalue weighted by Gasteiger charge is 2.50. The molecule has 2 unspecified atom stereocenters. The molecule has 1 saturated heterocycles. The van der Waals surface area contributed by atoms with Crippen LogP contribution in [0.25, 0.3) is 11.2 Å². The van der Waals surface area contributed by atoms with E-state index in [1.807, 2.05) is 0 Å². The molecule has 6 atom stereocenters. The number of rotatable bonds is 8. The molecule has 34 heavy (non-hydrogen) atoms. The maximum absolute atomic E-state index is 12.2. The number of hydrogen-bond acceptors (Lipinski definition) is 13. The predicted molar refractivity (Wildman–Crippen MR) is 115 cm³/mol. The summed E-state index contributed by atoms with van der Waals surface area (Å²) < 4.78 is 53.0. The van der Waals surface area contributed by atoms with Crippen molar-refractivity contribution in [3.8, 4) is 0 Å². The van der Waals surface area contributed by atoms with Crippen LogP contribution in [0.4, 0.5) is 5.82 Å². The molecule has 0 amide bonds. The van der Waals surface area contributed by atoms with Crippen molar-refractivity contribution in [2.75, 3.05) is 5.73 Å². The van der Waals surface area contributed by atoms with E-state index in [2.05, 4.69) is 60.0 Å². The highest BCUT2D eigenvalue weighted by Crippen LogP contribution is 2.67. The molecule has 0 spiro atoms. The average Bonchev–Trinajstić information content (AvgIpc) is 3.20. The number of ether oxygens (including phenoxy) is 1. The third kappa shape index (κ3) is 6.29. The molecule has 1 aliphatic heterocycles. The third-order valence-electron chi connectivity index (χ3n) is 3.97. The fourth-order valence-electron chi connectivity index (χ4n) is 2.78. The van der Waals surface area contributed by atoms with Gasteiger partial charge in [0.05, 0.1) is 6.33 Å². The summed E-state index contributed by atoms with van der Waals surface area (Å²) in [7, 11) is -17.1. The van der Waals surface area contributed by atoms with Crippen molar-refractivity contribution in [2.45, 2.75) is 24.5 Å². The number of hydrogen-bond donors (Lipinski definition) is 7. The van der Waals surface area contributed by atoms with Crippen LogP contribution >= 0.6 is 55.3 Å². The summed E-state index contributed by atoms with van der Waals surface area (Å²) in [5.74, 6) is -0.737. The van der Waals surface area contributed by atoms with Gasteiger partial charge >= 0.3 is 23.5 Å². The molecular weight excluding hydrogens is 663 g/mol. The van der Waals surface area contributed by atoms with E-state index in [0.29, 0.717) is 0 Å². The van der Waals surface area contributed by atoms with Crippen molar-refractivity contribution in [3.05, 3.63) is 21.8 Å². The highest BCUT2D eigenvalue weighted by molar-refractivity contribution is 9.28. The Hall–Kier alpha value is -0.820. The monoisotopic (exact) mass is 675 g/mol. The van der Waals surface area contributed by atoms with Gasteiger partial charge in [0.15, 0.2) is 23.5 Å². The Kier molecular flexibility index (Phi) is 8.09. The second kappa shape index (κ2) is 9.91. The Balaban J connectivity index is 1.87. The molecule has 23 heteroatoms. The number of aliphatic hydroxyl groups excluding tert-OH is 2. The average molecular weight is 677 g/mol. The lowest BCUT2D eigenvalue weighted by molar-refractivity contribution is -0.0338. The number of anilines is 1. The zero-order valence-electron chi connectivity index (χ0n) is 16.0. The van der Waals surface area contributed by atoms with Crippen molar-refractivity contribution in [1.82, 2.24) is 19.5 Å². The second-order valence-corrected chi connectivity index (χ2v) is 13.3. The van der Waals surface area contributed by atoms with Crippen LogP contribution in [0.5, 0.6) is 0 Å². The number of nitrogens with two attached hydrogens (primary N) is 1. The fourth-order valence-corrected chi connectivity index (χ4v) is 6.72. The minimum absolute atomic E-state index is 0.0183. The van der Waals surface area contributed by atoms with Gasteiger partial charge in [0.25, 0.3) is 0 Å². The zero-order valence-corrected chi connectivity index (χ0v) is 21.8. The number of phosphoric ester groups is 1. The molecule has 1 fully saturated rings. The number of phosphoric acid groups is 3. The van der Waals surface area contributed by atoms with Gasteiger partial charge < -0.3 is 39.9 Å². The predicted octanol–water partition coefficient (Wildman–Crippen LogP) is 0.330. The molecular formula is C11H14Br2N5O13P3. The number of aliphatic hydroxyl groups is 2. The van der Waals surface area contributed by atoms with Crippen LogP contribution in [0, 0.1) is 0 Å². The molecule has 190 valence electrons. The number of imidazole rings is 1. The largest absolute Gasteiger partial charge is 0.536 e. The van der Waals surface area contributed by atoms with Gasteiger partial charge in [-0.05, 0) is 31.9 Å². The van der Waals surface area contributed by atoms with E-state index in [-0.39, 0.29) is 20.4 Å². The van der Waals surface area contributed by atoms with E-state index in [0.717, 1.165) is 6.33 Å². The van der Waals surface area contributed by atoms with Crippen LogP contribution < -0.4 is 5.73 Å². The van der Waals surface area contributed by atoms with E-state index in [4.69, 9.17) is 20.3 Å².